The van der Waals surface area contributed by atoms with E-state index in [1.807, 2.05) is 0 Å². The fraction of sp³-hybridized carbons (Fsp3) is 0.738. The van der Waals surface area contributed by atoms with Crippen LogP contribution in [0.25, 0.3) is 0 Å². The lowest BCUT2D eigenvalue weighted by Crippen LogP contribution is -2.65. The molecule has 1 N–H and O–H groups in total. The van der Waals surface area contributed by atoms with Crippen LogP contribution in [0.5, 0.6) is 11.5 Å². The topological polar surface area (TPSA) is 168 Å². The van der Waals surface area contributed by atoms with Crippen LogP contribution >= 0.6 is 0 Å². The Balaban J connectivity index is 1.38. The molecule has 15 nitrogen and oxygen atoms in total. The van der Waals surface area contributed by atoms with Crippen molar-refractivity contribution in [1.82, 2.24) is 15.1 Å². The minimum atomic E-state index is -1.19. The van der Waals surface area contributed by atoms with Crippen LogP contribution in [-0.2, 0) is 39.5 Å². The Morgan fingerprint density at radius 1 is 0.914 bits per heavy atom. The van der Waals surface area contributed by atoms with Gasteiger partial charge in [0.15, 0.2) is 5.75 Å². The number of hydrogen-bond donors (Lipinski definition) is 1. The lowest BCUT2D eigenvalue weighted by atomic mass is 9.43. The number of esters is 1. The molecule has 5 atom stereocenters. The van der Waals surface area contributed by atoms with Crippen molar-refractivity contribution in [2.75, 3.05) is 27.2 Å². The maximum atomic E-state index is 14.1. The van der Waals surface area contributed by atoms with Crippen LogP contribution < -0.4 is 14.8 Å². The Morgan fingerprint density at radius 3 is 2.10 bits per heavy atom. The molecule has 2 heterocycles. The highest BCUT2D eigenvalue weighted by atomic mass is 16.7. The van der Waals surface area contributed by atoms with E-state index in [2.05, 4.69) is 26.1 Å². The van der Waals surface area contributed by atoms with E-state index in [1.54, 1.807) is 88.5 Å². The largest absolute Gasteiger partial charge is 0.514 e. The Bertz CT molecular complexity index is 1760. The molecule has 6 rings (SSSR count). The van der Waals surface area contributed by atoms with Gasteiger partial charge in [-0.15, -0.1) is 0 Å². The van der Waals surface area contributed by atoms with E-state index >= 15 is 0 Å². The number of likely N-dealkylation sites (tertiary alicyclic amines) is 1. The molecule has 3 saturated carbocycles. The van der Waals surface area contributed by atoms with Gasteiger partial charge in [0, 0.05) is 14.1 Å². The standard InChI is InChI=1S/C42H64BN3O12/c1-38(2,3)54-35(49)32-28(52-26-22-46(23-26)34(48)27(21-31(47)45(13)14)44-36(50)55-39(4,5)6)16-15-24(33(32)53-37(51)56-40(7,8)9)17-18-43-57-30-20-25-19-29(41(25,10)11)42(30,12)58-43/h15-16,25-27,29-30H,17-23H2,1-14H3,(H,44,50)/t25-,27+,29-,30+,42-/m0/s1. The predicted octanol–water partition coefficient (Wildman–Crippen LogP) is 6.19. The lowest BCUT2D eigenvalue weighted by molar-refractivity contribution is -0.199. The van der Waals surface area contributed by atoms with E-state index in [0.29, 0.717) is 30.1 Å². The summed E-state index contributed by atoms with van der Waals surface area (Å²) in [4.78, 5) is 69.1. The van der Waals surface area contributed by atoms with Crippen molar-refractivity contribution in [2.24, 2.45) is 17.3 Å². The average molecular weight is 814 g/mol. The summed E-state index contributed by atoms with van der Waals surface area (Å²) in [5.74, 6) is -0.645. The quantitative estimate of drug-likeness (QED) is 0.117. The molecule has 3 amide bonds. The second-order valence-corrected chi connectivity index (χ2v) is 20.1. The third kappa shape index (κ3) is 10.4. The number of aryl methyl sites for hydroxylation is 1. The van der Waals surface area contributed by atoms with Gasteiger partial charge in [-0.2, -0.15) is 0 Å². The summed E-state index contributed by atoms with van der Waals surface area (Å²) in [5.41, 5.74) is -2.44. The van der Waals surface area contributed by atoms with E-state index in [0.717, 1.165) is 12.8 Å². The van der Waals surface area contributed by atoms with Crippen molar-refractivity contribution in [3.63, 3.8) is 0 Å². The number of nitrogens with zero attached hydrogens (tertiary/aromatic N) is 2. The summed E-state index contributed by atoms with van der Waals surface area (Å²) in [6.07, 6.45) is 0.0839. The van der Waals surface area contributed by atoms with Crippen molar-refractivity contribution in [3.8, 4) is 11.5 Å². The second-order valence-electron chi connectivity index (χ2n) is 20.1. The average Bonchev–Trinajstić information content (AvgIpc) is 3.38. The van der Waals surface area contributed by atoms with Crippen LogP contribution in [0.1, 0.15) is 118 Å². The van der Waals surface area contributed by atoms with Gasteiger partial charge in [-0.05, 0) is 124 Å². The fourth-order valence-corrected chi connectivity index (χ4v) is 8.34. The van der Waals surface area contributed by atoms with E-state index < -0.39 is 65.8 Å². The summed E-state index contributed by atoms with van der Waals surface area (Å²) in [7, 11) is 2.62. The van der Waals surface area contributed by atoms with Crippen LogP contribution in [0, 0.1) is 17.3 Å². The number of benzene rings is 1. The SMILES string of the molecule is CN(C)C(=O)C[C@@H](NC(=O)OC(C)(C)C)C(=O)N1CC(Oc2ccc(CCB3O[C@@H]4C[C@@H]5C[C@@H](C5(C)C)[C@]4(C)O3)c(OC(=O)OC(C)(C)C)c2C(=O)OC(C)(C)C)C1. The molecule has 0 spiro atoms. The van der Waals surface area contributed by atoms with E-state index in [-0.39, 0.29) is 54.0 Å². The number of carbonyl (C=O) groups excluding carboxylic acids is 5. The molecule has 5 aliphatic rings. The molecule has 0 radical (unpaired) electrons. The van der Waals surface area contributed by atoms with E-state index in [1.165, 1.54) is 9.80 Å². The Hall–Kier alpha value is -4.05. The molecule has 2 aliphatic heterocycles. The summed E-state index contributed by atoms with van der Waals surface area (Å²) in [6.45, 7) is 22.3. The highest BCUT2D eigenvalue weighted by molar-refractivity contribution is 6.45. The first-order valence-electron chi connectivity index (χ1n) is 20.3. The van der Waals surface area contributed by atoms with Gasteiger partial charge >= 0.3 is 25.3 Å². The normalized spacial score (nSPS) is 24.3. The van der Waals surface area contributed by atoms with Gasteiger partial charge in [0.05, 0.1) is 31.2 Å². The van der Waals surface area contributed by atoms with Gasteiger partial charge in [0.1, 0.15) is 40.3 Å². The van der Waals surface area contributed by atoms with Gasteiger partial charge in [-0.1, -0.05) is 19.9 Å². The highest BCUT2D eigenvalue weighted by Gasteiger charge is 2.67. The van der Waals surface area contributed by atoms with Crippen molar-refractivity contribution in [3.05, 3.63) is 23.3 Å². The Kier molecular flexibility index (Phi) is 12.6. The van der Waals surface area contributed by atoms with Crippen LogP contribution in [0.2, 0.25) is 6.32 Å². The zero-order chi connectivity index (χ0) is 43.3. The molecule has 322 valence electrons. The number of ether oxygens (including phenoxy) is 5. The van der Waals surface area contributed by atoms with Crippen LogP contribution in [0.15, 0.2) is 12.1 Å². The number of alkyl carbamates (subject to hydrolysis) is 1. The number of hydrogen-bond acceptors (Lipinski definition) is 12. The molecule has 2 bridgehead atoms. The number of amides is 3. The molecule has 58 heavy (non-hydrogen) atoms. The molecule has 0 unspecified atom stereocenters. The zero-order valence-electron chi connectivity index (χ0n) is 36.9. The molecule has 2 saturated heterocycles. The predicted molar refractivity (Wildman–Crippen MR) is 215 cm³/mol. The maximum absolute atomic E-state index is 14.1. The monoisotopic (exact) mass is 813 g/mol. The minimum absolute atomic E-state index is 0.00868. The van der Waals surface area contributed by atoms with E-state index in [9.17, 15) is 24.0 Å². The summed E-state index contributed by atoms with van der Waals surface area (Å²) >= 11 is 0. The molecule has 1 aromatic carbocycles. The summed E-state index contributed by atoms with van der Waals surface area (Å²) < 4.78 is 42.1. The van der Waals surface area contributed by atoms with Gasteiger partial charge in [-0.3, -0.25) is 9.59 Å². The molecular weight excluding hydrogens is 749 g/mol. The van der Waals surface area contributed by atoms with Gasteiger partial charge < -0.3 is 48.1 Å². The van der Waals surface area contributed by atoms with Crippen molar-refractivity contribution in [2.45, 2.75) is 156 Å². The molecule has 3 aliphatic carbocycles. The first-order valence-corrected chi connectivity index (χ1v) is 20.3. The van der Waals surface area contributed by atoms with Gasteiger partial charge in [0.2, 0.25) is 11.8 Å². The van der Waals surface area contributed by atoms with Gasteiger partial charge in [-0.25, -0.2) is 14.4 Å². The van der Waals surface area contributed by atoms with Crippen LogP contribution in [0.3, 0.4) is 0 Å². The number of nitrogens with one attached hydrogen (secondary N) is 1. The van der Waals surface area contributed by atoms with Crippen molar-refractivity contribution in [1.29, 1.82) is 0 Å². The van der Waals surface area contributed by atoms with Crippen molar-refractivity contribution < 1.29 is 57.0 Å². The lowest BCUT2D eigenvalue weighted by Gasteiger charge is -2.64. The summed E-state index contributed by atoms with van der Waals surface area (Å²) in [6, 6.07) is 2.16. The smallest absolute Gasteiger partial charge is 0.486 e. The molecule has 1 aromatic rings. The van der Waals surface area contributed by atoms with Crippen LogP contribution in [-0.4, -0.2) is 115 Å². The highest BCUT2D eigenvalue weighted by Crippen LogP contribution is 2.65. The number of rotatable bonds is 11. The molecular formula is C42H64BN3O12. The minimum Gasteiger partial charge on any atom is -0.486 e. The molecule has 0 aromatic heterocycles. The Labute approximate surface area is 343 Å². The third-order valence-electron chi connectivity index (χ3n) is 11.4. The number of carbonyl (C=O) groups is 5. The van der Waals surface area contributed by atoms with E-state index in [4.69, 9.17) is 33.0 Å². The Morgan fingerprint density at radius 2 is 1.53 bits per heavy atom. The zero-order valence-corrected chi connectivity index (χ0v) is 36.9. The fourth-order valence-electron chi connectivity index (χ4n) is 8.34. The first kappa shape index (κ1) is 45.0. The van der Waals surface area contributed by atoms with Gasteiger partial charge in [0.25, 0.3) is 0 Å². The molecule has 16 heteroatoms. The second kappa shape index (κ2) is 16.2. The van der Waals surface area contributed by atoms with Crippen LogP contribution in [0.4, 0.5) is 9.59 Å². The molecule has 5 fully saturated rings. The maximum Gasteiger partial charge on any atom is 0.514 e. The third-order valence-corrected chi connectivity index (χ3v) is 11.4. The summed E-state index contributed by atoms with van der Waals surface area (Å²) in [5, 5.41) is 2.54. The first-order chi connectivity index (χ1) is 26.6. The van der Waals surface area contributed by atoms with Crippen molar-refractivity contribution >= 4 is 37.2 Å².